The fourth-order valence-corrected chi connectivity index (χ4v) is 2.22. The first-order valence-corrected chi connectivity index (χ1v) is 7.33. The minimum absolute atomic E-state index is 0.248. The van der Waals surface area contributed by atoms with E-state index in [1.54, 1.807) is 0 Å². The van der Waals surface area contributed by atoms with E-state index >= 15 is 0 Å². The Bertz CT molecular complexity index is 584. The summed E-state index contributed by atoms with van der Waals surface area (Å²) in [6, 6.07) is 9.79. The van der Waals surface area contributed by atoms with E-state index in [4.69, 9.17) is 0 Å². The average Bonchev–Trinajstić information content (AvgIpc) is 3.22. The van der Waals surface area contributed by atoms with Gasteiger partial charge < -0.3 is 10.6 Å². The van der Waals surface area contributed by atoms with E-state index in [1.165, 1.54) is 12.8 Å². The van der Waals surface area contributed by atoms with E-state index in [0.717, 1.165) is 12.1 Å². The average molecular weight is 308 g/mol. The lowest BCUT2D eigenvalue weighted by atomic mass is 10.1. The summed E-state index contributed by atoms with van der Waals surface area (Å²) < 4.78 is 25.2. The molecule has 2 aromatic rings. The van der Waals surface area contributed by atoms with Crippen LogP contribution in [0.3, 0.4) is 0 Å². The Labute approximate surface area is 126 Å². The number of hydrogen-bond donors (Lipinski definition) is 2. The number of benzene rings is 1. The molecule has 0 aliphatic heterocycles. The van der Waals surface area contributed by atoms with Crippen LogP contribution in [-0.4, -0.2) is 39.3 Å². The van der Waals surface area contributed by atoms with Crippen LogP contribution in [0.5, 0.6) is 0 Å². The predicted octanol–water partition coefficient (Wildman–Crippen LogP) is 1.50. The molecule has 6 nitrogen and oxygen atoms in total. The van der Waals surface area contributed by atoms with Gasteiger partial charge in [-0.05, 0) is 23.6 Å². The number of rotatable bonds is 8. The van der Waals surface area contributed by atoms with E-state index in [2.05, 4.69) is 26.0 Å². The number of hydrogen-bond acceptors (Lipinski definition) is 5. The van der Waals surface area contributed by atoms with Gasteiger partial charge in [0.15, 0.2) is 5.82 Å². The van der Waals surface area contributed by atoms with Crippen molar-refractivity contribution in [1.82, 2.24) is 30.8 Å². The molecular weight excluding hydrogens is 290 g/mol. The molecule has 1 aliphatic carbocycles. The van der Waals surface area contributed by atoms with Crippen LogP contribution in [0.15, 0.2) is 30.3 Å². The first-order chi connectivity index (χ1) is 10.7. The Hall–Kier alpha value is -1.93. The van der Waals surface area contributed by atoms with Crippen molar-refractivity contribution in [2.75, 3.05) is 13.1 Å². The Morgan fingerprint density at radius 1 is 1.18 bits per heavy atom. The maximum atomic E-state index is 12.6. The molecule has 1 saturated carbocycles. The van der Waals surface area contributed by atoms with Crippen LogP contribution < -0.4 is 10.6 Å². The summed E-state index contributed by atoms with van der Waals surface area (Å²) in [5.74, 6) is 0.248. The highest BCUT2D eigenvalue weighted by atomic mass is 19.3. The van der Waals surface area contributed by atoms with Crippen molar-refractivity contribution in [2.24, 2.45) is 0 Å². The molecule has 118 valence electrons. The molecule has 2 N–H and O–H groups in total. The summed E-state index contributed by atoms with van der Waals surface area (Å²) in [7, 11) is 0. The lowest BCUT2D eigenvalue weighted by molar-refractivity contribution is 0.0393. The van der Waals surface area contributed by atoms with Crippen molar-refractivity contribution in [3.63, 3.8) is 0 Å². The molecule has 0 bridgehead atoms. The second kappa shape index (κ2) is 6.89. The van der Waals surface area contributed by atoms with Crippen LogP contribution >= 0.6 is 0 Å². The van der Waals surface area contributed by atoms with Crippen LogP contribution in [0.2, 0.25) is 0 Å². The van der Waals surface area contributed by atoms with Crippen molar-refractivity contribution in [2.45, 2.75) is 31.5 Å². The molecule has 22 heavy (non-hydrogen) atoms. The van der Waals surface area contributed by atoms with Gasteiger partial charge in [-0.25, -0.2) is 0 Å². The van der Waals surface area contributed by atoms with E-state index in [1.807, 2.05) is 30.3 Å². The third-order valence-electron chi connectivity index (χ3n) is 3.49. The van der Waals surface area contributed by atoms with Gasteiger partial charge in [0.2, 0.25) is 0 Å². The third kappa shape index (κ3) is 3.83. The van der Waals surface area contributed by atoms with E-state index in [-0.39, 0.29) is 11.9 Å². The summed E-state index contributed by atoms with van der Waals surface area (Å²) in [5, 5.41) is 17.6. The van der Waals surface area contributed by atoms with Gasteiger partial charge in [-0.1, -0.05) is 35.1 Å². The molecule has 8 heteroatoms. The molecule has 1 aliphatic rings. The van der Waals surface area contributed by atoms with Gasteiger partial charge in [0.1, 0.15) is 0 Å². The highest BCUT2D eigenvalue weighted by Crippen LogP contribution is 2.20. The normalized spacial score (nSPS) is 16.1. The molecule has 1 aromatic carbocycles. The highest BCUT2D eigenvalue weighted by Gasteiger charge is 2.22. The van der Waals surface area contributed by atoms with Crippen molar-refractivity contribution in [1.29, 1.82) is 0 Å². The maximum Gasteiger partial charge on any atom is 0.350 e. The van der Waals surface area contributed by atoms with Crippen LogP contribution in [0.25, 0.3) is 0 Å². The zero-order valence-corrected chi connectivity index (χ0v) is 12.0. The number of halogens is 2. The summed E-state index contributed by atoms with van der Waals surface area (Å²) in [6.07, 6.45) is 2.46. The van der Waals surface area contributed by atoms with Gasteiger partial charge in [-0.15, -0.1) is 10.2 Å². The highest BCUT2D eigenvalue weighted by molar-refractivity contribution is 5.23. The van der Waals surface area contributed by atoms with Gasteiger partial charge in [0.25, 0.3) is 0 Å². The van der Waals surface area contributed by atoms with Crippen molar-refractivity contribution >= 4 is 0 Å². The van der Waals surface area contributed by atoms with Crippen LogP contribution in [0, 0.1) is 0 Å². The third-order valence-corrected chi connectivity index (χ3v) is 3.49. The molecule has 0 spiro atoms. The molecule has 0 radical (unpaired) electrons. The molecular formula is C14H18F2N6. The zero-order valence-electron chi connectivity index (χ0n) is 12.0. The molecule has 1 heterocycles. The standard InChI is InChI=1S/C14H18F2N6/c15-14(16)22-20-13(19-21-22)12(10-4-2-1-3-5-10)18-9-8-17-11-6-7-11/h1-5,11-12,14,17-18H,6-9H2/t12-/m1/s1. The number of nitrogens with one attached hydrogen (secondary N) is 2. The lowest BCUT2D eigenvalue weighted by Crippen LogP contribution is -2.32. The molecule has 0 saturated heterocycles. The lowest BCUT2D eigenvalue weighted by Gasteiger charge is -2.16. The molecule has 0 unspecified atom stereocenters. The van der Waals surface area contributed by atoms with Gasteiger partial charge in [-0.2, -0.15) is 8.78 Å². The Kier molecular flexibility index (Phi) is 4.69. The largest absolute Gasteiger partial charge is 0.350 e. The minimum Gasteiger partial charge on any atom is -0.313 e. The topological polar surface area (TPSA) is 67.7 Å². The molecule has 1 aromatic heterocycles. The quantitative estimate of drug-likeness (QED) is 0.723. The Balaban J connectivity index is 1.69. The van der Waals surface area contributed by atoms with Gasteiger partial charge in [0, 0.05) is 19.1 Å². The van der Waals surface area contributed by atoms with Gasteiger partial charge in [-0.3, -0.25) is 0 Å². The molecule has 0 amide bonds. The molecule has 3 rings (SSSR count). The summed E-state index contributed by atoms with van der Waals surface area (Å²) in [5.41, 5.74) is 0.919. The molecule has 1 fully saturated rings. The monoisotopic (exact) mass is 308 g/mol. The van der Waals surface area contributed by atoms with Crippen LogP contribution in [0.4, 0.5) is 8.78 Å². The van der Waals surface area contributed by atoms with Crippen molar-refractivity contribution < 1.29 is 8.78 Å². The first-order valence-electron chi connectivity index (χ1n) is 7.33. The minimum atomic E-state index is -2.78. The molecule has 1 atom stereocenters. The van der Waals surface area contributed by atoms with Crippen LogP contribution in [0.1, 0.15) is 36.8 Å². The first kappa shape index (κ1) is 15.0. The summed E-state index contributed by atoms with van der Waals surface area (Å²) in [6.45, 7) is -1.27. The van der Waals surface area contributed by atoms with Gasteiger partial charge in [0.05, 0.1) is 6.04 Å². The van der Waals surface area contributed by atoms with Crippen molar-refractivity contribution in [3.8, 4) is 0 Å². The Morgan fingerprint density at radius 2 is 1.95 bits per heavy atom. The van der Waals surface area contributed by atoms with E-state index < -0.39 is 6.55 Å². The number of tetrazole rings is 1. The second-order valence-corrected chi connectivity index (χ2v) is 5.27. The van der Waals surface area contributed by atoms with Crippen molar-refractivity contribution in [3.05, 3.63) is 41.7 Å². The zero-order chi connectivity index (χ0) is 15.4. The summed E-state index contributed by atoms with van der Waals surface area (Å²) >= 11 is 0. The van der Waals surface area contributed by atoms with E-state index in [0.29, 0.717) is 17.4 Å². The fraction of sp³-hybridized carbons (Fsp3) is 0.500. The van der Waals surface area contributed by atoms with Gasteiger partial charge >= 0.3 is 6.55 Å². The maximum absolute atomic E-state index is 12.6. The number of aromatic nitrogens is 4. The Morgan fingerprint density at radius 3 is 2.59 bits per heavy atom. The second-order valence-electron chi connectivity index (χ2n) is 5.27. The predicted molar refractivity (Wildman–Crippen MR) is 76.4 cm³/mol. The smallest absolute Gasteiger partial charge is 0.313 e. The summed E-state index contributed by atoms with van der Waals surface area (Å²) in [4.78, 5) is 0.329. The number of alkyl halides is 2. The van der Waals surface area contributed by atoms with E-state index in [9.17, 15) is 8.78 Å². The fourth-order valence-electron chi connectivity index (χ4n) is 2.22. The number of nitrogens with zero attached hydrogens (tertiary/aromatic N) is 4. The van der Waals surface area contributed by atoms with Crippen LogP contribution in [-0.2, 0) is 0 Å². The SMILES string of the molecule is FC(F)n1nnc([C@H](NCCNC2CC2)c2ccccc2)n1.